The van der Waals surface area contributed by atoms with Crippen molar-refractivity contribution in [2.24, 2.45) is 0 Å². The van der Waals surface area contributed by atoms with Crippen LogP contribution in [0.1, 0.15) is 40.9 Å². The van der Waals surface area contributed by atoms with E-state index in [1.54, 1.807) is 37.9 Å². The second-order valence-corrected chi connectivity index (χ2v) is 6.91. The maximum Gasteiger partial charge on any atom is 0.251 e. The molecule has 27 heavy (non-hydrogen) atoms. The molecule has 2 rings (SSSR count). The molecule has 0 saturated carbocycles. The van der Waals surface area contributed by atoms with Crippen LogP contribution >= 0.6 is 0 Å². The van der Waals surface area contributed by atoms with E-state index < -0.39 is 5.60 Å². The fraction of sp³-hybridized carbons (Fsp3) is 0.273. The molecule has 0 aliphatic rings. The Labute approximate surface area is 160 Å². The summed E-state index contributed by atoms with van der Waals surface area (Å²) in [7, 11) is 1.57. The lowest BCUT2D eigenvalue weighted by molar-refractivity contribution is -0.114. The first-order chi connectivity index (χ1) is 12.7. The number of nitrogens with zero attached hydrogens (tertiary/aromatic N) is 1. The number of amides is 2. The minimum Gasteiger partial charge on any atom is -0.386 e. The fourth-order valence-corrected chi connectivity index (χ4v) is 2.89. The molecule has 0 bridgehead atoms. The zero-order valence-corrected chi connectivity index (χ0v) is 16.2. The van der Waals surface area contributed by atoms with E-state index in [1.165, 1.54) is 6.08 Å². The van der Waals surface area contributed by atoms with Crippen molar-refractivity contribution in [2.45, 2.75) is 32.9 Å². The van der Waals surface area contributed by atoms with Crippen LogP contribution in [0, 0.1) is 6.92 Å². The summed E-state index contributed by atoms with van der Waals surface area (Å²) in [5, 5.41) is 12.7. The topological polar surface area (TPSA) is 69.6 Å². The second kappa shape index (κ2) is 8.18. The van der Waals surface area contributed by atoms with Crippen molar-refractivity contribution in [1.29, 1.82) is 0 Å². The summed E-state index contributed by atoms with van der Waals surface area (Å²) in [6.07, 6.45) is 1.26. The molecule has 0 fully saturated rings. The van der Waals surface area contributed by atoms with Gasteiger partial charge in [0.2, 0.25) is 0 Å². The highest BCUT2D eigenvalue weighted by atomic mass is 16.3. The highest BCUT2D eigenvalue weighted by molar-refractivity contribution is 6.03. The van der Waals surface area contributed by atoms with E-state index in [0.29, 0.717) is 17.8 Å². The monoisotopic (exact) mass is 366 g/mol. The van der Waals surface area contributed by atoms with Gasteiger partial charge in [-0.15, -0.1) is 0 Å². The molecule has 0 unspecified atom stereocenters. The minimum absolute atomic E-state index is 0.199. The van der Waals surface area contributed by atoms with Crippen molar-refractivity contribution in [3.8, 4) is 0 Å². The molecule has 2 amide bonds. The van der Waals surface area contributed by atoms with Crippen LogP contribution in [0.4, 0.5) is 5.69 Å². The zero-order valence-electron chi connectivity index (χ0n) is 16.2. The number of carbonyl (C=O) groups is 2. The molecular formula is C22H26N2O3. The number of nitrogens with one attached hydrogen (secondary N) is 1. The Balaban J connectivity index is 2.41. The van der Waals surface area contributed by atoms with Crippen LogP contribution < -0.4 is 10.2 Å². The van der Waals surface area contributed by atoms with Gasteiger partial charge in [0.05, 0.1) is 12.1 Å². The molecule has 0 heterocycles. The van der Waals surface area contributed by atoms with Gasteiger partial charge in [-0.1, -0.05) is 36.9 Å². The first-order valence-corrected chi connectivity index (χ1v) is 8.76. The summed E-state index contributed by atoms with van der Waals surface area (Å²) in [5.41, 5.74) is 2.68. The number of hydrogen-bond donors (Lipinski definition) is 2. The Kier molecular flexibility index (Phi) is 6.18. The lowest BCUT2D eigenvalue weighted by Crippen LogP contribution is -2.30. The van der Waals surface area contributed by atoms with Gasteiger partial charge in [-0.25, -0.2) is 0 Å². The largest absolute Gasteiger partial charge is 0.386 e. The normalized spacial score (nSPS) is 11.0. The number of carbonyl (C=O) groups excluding carboxylic acids is 2. The average Bonchev–Trinajstić information content (AvgIpc) is 2.65. The molecule has 5 nitrogen and oxygen atoms in total. The van der Waals surface area contributed by atoms with Gasteiger partial charge in [0, 0.05) is 18.3 Å². The standard InChI is InChI=1S/C22H26N2O3/c1-6-20(25)24(14-16-10-12-17(13-11-16)22(3,4)27)19-9-7-8-18(15(19)2)21(26)23-5/h6-13,27H,1,14H2,2-5H3,(H,23,26). The molecule has 0 radical (unpaired) electrons. The van der Waals surface area contributed by atoms with Gasteiger partial charge < -0.3 is 15.3 Å². The summed E-state index contributed by atoms with van der Waals surface area (Å²) in [6, 6.07) is 12.8. The number of anilines is 1. The second-order valence-electron chi connectivity index (χ2n) is 6.91. The van der Waals surface area contributed by atoms with Crippen LogP contribution in [-0.4, -0.2) is 24.0 Å². The van der Waals surface area contributed by atoms with Crippen molar-refractivity contribution in [1.82, 2.24) is 5.32 Å². The SMILES string of the molecule is C=CC(=O)N(Cc1ccc(C(C)(C)O)cc1)c1cccc(C(=O)NC)c1C. The molecule has 5 heteroatoms. The van der Waals surface area contributed by atoms with Crippen molar-refractivity contribution < 1.29 is 14.7 Å². The third kappa shape index (κ3) is 4.63. The average molecular weight is 366 g/mol. The smallest absolute Gasteiger partial charge is 0.251 e. The molecule has 0 atom stereocenters. The van der Waals surface area contributed by atoms with Crippen LogP contribution in [0.3, 0.4) is 0 Å². The third-order valence-electron chi connectivity index (χ3n) is 4.51. The maximum absolute atomic E-state index is 12.5. The predicted molar refractivity (Wildman–Crippen MR) is 108 cm³/mol. The van der Waals surface area contributed by atoms with Gasteiger partial charge in [0.1, 0.15) is 0 Å². The molecule has 0 aliphatic carbocycles. The van der Waals surface area contributed by atoms with Gasteiger partial charge in [-0.05, 0) is 55.7 Å². The lowest BCUT2D eigenvalue weighted by atomic mass is 9.97. The van der Waals surface area contributed by atoms with Gasteiger partial charge in [-0.3, -0.25) is 9.59 Å². The van der Waals surface area contributed by atoms with Crippen molar-refractivity contribution >= 4 is 17.5 Å². The van der Waals surface area contributed by atoms with Crippen LogP contribution in [0.5, 0.6) is 0 Å². The first-order valence-electron chi connectivity index (χ1n) is 8.76. The van der Waals surface area contributed by atoms with E-state index in [1.807, 2.05) is 37.3 Å². The third-order valence-corrected chi connectivity index (χ3v) is 4.51. The van der Waals surface area contributed by atoms with Crippen molar-refractivity contribution in [3.05, 3.63) is 77.4 Å². The molecule has 142 valence electrons. The fourth-order valence-electron chi connectivity index (χ4n) is 2.89. The van der Waals surface area contributed by atoms with E-state index in [2.05, 4.69) is 11.9 Å². The summed E-state index contributed by atoms with van der Waals surface area (Å²) in [6.45, 7) is 9.19. The van der Waals surface area contributed by atoms with Gasteiger partial charge in [-0.2, -0.15) is 0 Å². The van der Waals surface area contributed by atoms with Crippen LogP contribution in [0.15, 0.2) is 55.1 Å². The number of benzene rings is 2. The van der Waals surface area contributed by atoms with E-state index in [9.17, 15) is 14.7 Å². The summed E-state index contributed by atoms with van der Waals surface area (Å²) < 4.78 is 0. The first kappa shape index (κ1) is 20.4. The number of rotatable bonds is 6. The van der Waals surface area contributed by atoms with Crippen molar-refractivity contribution in [3.63, 3.8) is 0 Å². The van der Waals surface area contributed by atoms with Crippen LogP contribution in [0.2, 0.25) is 0 Å². The highest BCUT2D eigenvalue weighted by Crippen LogP contribution is 2.26. The molecule has 0 spiro atoms. The molecule has 0 saturated heterocycles. The Bertz CT molecular complexity index is 849. The summed E-state index contributed by atoms with van der Waals surface area (Å²) in [4.78, 5) is 26.2. The Morgan fingerprint density at radius 2 is 1.81 bits per heavy atom. The van der Waals surface area contributed by atoms with E-state index in [4.69, 9.17) is 0 Å². The van der Waals surface area contributed by atoms with Crippen LogP contribution in [0.25, 0.3) is 0 Å². The van der Waals surface area contributed by atoms with E-state index in [0.717, 1.165) is 16.7 Å². The highest BCUT2D eigenvalue weighted by Gasteiger charge is 2.20. The van der Waals surface area contributed by atoms with Gasteiger partial charge in [0.15, 0.2) is 0 Å². The number of hydrogen-bond acceptors (Lipinski definition) is 3. The zero-order chi connectivity index (χ0) is 20.2. The van der Waals surface area contributed by atoms with Gasteiger partial charge >= 0.3 is 0 Å². The summed E-state index contributed by atoms with van der Waals surface area (Å²) >= 11 is 0. The van der Waals surface area contributed by atoms with E-state index in [-0.39, 0.29) is 11.8 Å². The molecule has 0 aromatic heterocycles. The quantitative estimate of drug-likeness (QED) is 0.771. The van der Waals surface area contributed by atoms with Crippen molar-refractivity contribution in [2.75, 3.05) is 11.9 Å². The molecule has 2 N–H and O–H groups in total. The molecule has 2 aromatic carbocycles. The predicted octanol–water partition coefficient (Wildman–Crippen LogP) is 3.30. The Morgan fingerprint density at radius 1 is 1.19 bits per heavy atom. The molecule has 2 aromatic rings. The Hall–Kier alpha value is -2.92. The lowest BCUT2D eigenvalue weighted by Gasteiger charge is -2.25. The Morgan fingerprint density at radius 3 is 2.33 bits per heavy atom. The maximum atomic E-state index is 12.5. The molecule has 0 aliphatic heterocycles. The summed E-state index contributed by atoms with van der Waals surface area (Å²) in [5.74, 6) is -0.450. The van der Waals surface area contributed by atoms with Gasteiger partial charge in [0.25, 0.3) is 11.8 Å². The van der Waals surface area contributed by atoms with Crippen LogP contribution in [-0.2, 0) is 16.9 Å². The molecular weight excluding hydrogens is 340 g/mol. The number of aliphatic hydroxyl groups is 1. The minimum atomic E-state index is -0.923. The van der Waals surface area contributed by atoms with E-state index >= 15 is 0 Å².